The Bertz CT molecular complexity index is 565. The topological polar surface area (TPSA) is 95.4 Å². The first kappa shape index (κ1) is 15.9. The molecule has 0 aromatic carbocycles. The van der Waals surface area contributed by atoms with Crippen LogP contribution in [0.1, 0.15) is 20.8 Å². The largest absolute Gasteiger partial charge is 0.455 e. The quantitative estimate of drug-likeness (QED) is 0.194. The van der Waals surface area contributed by atoms with E-state index >= 15 is 0 Å². The Labute approximate surface area is 131 Å². The molecule has 0 bridgehead atoms. The number of hydrogen-bond donors (Lipinski definition) is 0. The Kier molecular flexibility index (Phi) is 4.10. The monoisotopic (exact) mass is 332 g/mol. The summed E-state index contributed by atoms with van der Waals surface area (Å²) in [4.78, 5) is 28.0. The Morgan fingerprint density at radius 3 is 2.62 bits per heavy atom. The van der Waals surface area contributed by atoms with Crippen molar-refractivity contribution in [1.29, 1.82) is 0 Å². The summed E-state index contributed by atoms with van der Waals surface area (Å²) in [5, 5.41) is 2.10. The van der Waals surface area contributed by atoms with E-state index in [1.165, 1.54) is 11.0 Å². The van der Waals surface area contributed by atoms with Crippen molar-refractivity contribution in [3.8, 4) is 0 Å². The van der Waals surface area contributed by atoms with Crippen molar-refractivity contribution in [2.45, 2.75) is 49.2 Å². The highest BCUT2D eigenvalue weighted by atomic mass is 35.5. The molecule has 21 heavy (non-hydrogen) atoms. The molecule has 0 aromatic heterocycles. The van der Waals surface area contributed by atoms with Gasteiger partial charge < -0.3 is 9.64 Å². The summed E-state index contributed by atoms with van der Waals surface area (Å²) < 4.78 is 5.25. The Morgan fingerprint density at radius 2 is 2.10 bits per heavy atom. The lowest BCUT2D eigenvalue weighted by atomic mass is 9.86. The van der Waals surface area contributed by atoms with Gasteiger partial charge >= 0.3 is 5.97 Å². The van der Waals surface area contributed by atoms with Crippen molar-refractivity contribution in [2.24, 2.45) is 5.11 Å². The van der Waals surface area contributed by atoms with Gasteiger partial charge in [-0.25, -0.2) is 4.79 Å². The summed E-state index contributed by atoms with van der Waals surface area (Å²) in [7, 11) is 0. The van der Waals surface area contributed by atoms with Gasteiger partial charge in [0.15, 0.2) is 0 Å². The van der Waals surface area contributed by atoms with E-state index in [0.717, 1.165) is 0 Å². The number of alkyl halides is 2. The van der Waals surface area contributed by atoms with Crippen LogP contribution >= 0.6 is 23.2 Å². The SMILES string of the molecule is CC(C)(C)OC(=O)C1=C[C@@H](Cl)[C@H](Cl)[C@@H]2[C@H](N=[N+]=[N-])C(=O)N12. The molecule has 0 spiro atoms. The average molecular weight is 333 g/mol. The van der Waals surface area contributed by atoms with Gasteiger partial charge in [0.25, 0.3) is 0 Å². The van der Waals surface area contributed by atoms with E-state index in [1.54, 1.807) is 20.8 Å². The summed E-state index contributed by atoms with van der Waals surface area (Å²) in [5.41, 5.74) is 7.83. The third kappa shape index (κ3) is 2.81. The maximum absolute atomic E-state index is 12.2. The summed E-state index contributed by atoms with van der Waals surface area (Å²) in [6.45, 7) is 5.15. The van der Waals surface area contributed by atoms with Crippen molar-refractivity contribution in [3.63, 3.8) is 0 Å². The normalized spacial score (nSPS) is 31.6. The molecule has 0 N–H and O–H groups in total. The van der Waals surface area contributed by atoms with Gasteiger partial charge in [0.2, 0.25) is 5.91 Å². The molecule has 2 aliphatic rings. The number of ether oxygens (including phenoxy) is 1. The highest BCUT2D eigenvalue weighted by molar-refractivity contribution is 6.32. The van der Waals surface area contributed by atoms with Crippen LogP contribution < -0.4 is 0 Å². The van der Waals surface area contributed by atoms with E-state index in [-0.39, 0.29) is 5.70 Å². The van der Waals surface area contributed by atoms with Crippen LogP contribution in [0.5, 0.6) is 0 Å². The molecule has 0 aliphatic carbocycles. The van der Waals surface area contributed by atoms with Crippen molar-refractivity contribution in [1.82, 2.24) is 4.90 Å². The molecule has 2 aliphatic heterocycles. The standard InChI is InChI=1S/C12H14Cl2N4O3/c1-12(2,3)21-11(20)6-4-5(13)7(14)9-8(16-17-15)10(19)18(6)9/h4-5,7-9H,1-3H3/t5-,7+,8+,9-/m1/s1. The third-order valence-corrected chi connectivity index (χ3v) is 4.16. The van der Waals surface area contributed by atoms with Crippen molar-refractivity contribution in [3.05, 3.63) is 22.2 Å². The zero-order valence-corrected chi connectivity index (χ0v) is 13.2. The lowest BCUT2D eigenvalue weighted by Gasteiger charge is -2.50. The van der Waals surface area contributed by atoms with Crippen molar-refractivity contribution in [2.75, 3.05) is 0 Å². The number of rotatable bonds is 2. The van der Waals surface area contributed by atoms with Gasteiger partial charge in [-0.3, -0.25) is 4.79 Å². The average Bonchev–Trinajstić information content (AvgIpc) is 2.36. The van der Waals surface area contributed by atoms with E-state index in [2.05, 4.69) is 10.0 Å². The number of allylic oxidation sites excluding steroid dienone is 1. The second-order valence-corrected chi connectivity index (χ2v) is 6.80. The Hall–Kier alpha value is -1.43. The van der Waals surface area contributed by atoms with Crippen LogP contribution in [-0.4, -0.2) is 45.2 Å². The number of carbonyl (C=O) groups excluding carboxylic acids is 2. The number of fused-ring (bicyclic) bond motifs is 1. The summed E-state index contributed by atoms with van der Waals surface area (Å²) in [5.74, 6) is -1.14. The number of amides is 1. The van der Waals surface area contributed by atoms with Gasteiger partial charge in [-0.05, 0) is 32.4 Å². The van der Waals surface area contributed by atoms with Gasteiger partial charge in [0.1, 0.15) is 17.3 Å². The fourth-order valence-electron chi connectivity index (χ4n) is 2.27. The zero-order valence-electron chi connectivity index (χ0n) is 11.7. The molecule has 0 saturated carbocycles. The van der Waals surface area contributed by atoms with Crippen LogP contribution in [0, 0.1) is 0 Å². The van der Waals surface area contributed by atoms with Crippen LogP contribution in [0.4, 0.5) is 0 Å². The predicted octanol–water partition coefficient (Wildman–Crippen LogP) is 2.33. The fraction of sp³-hybridized carbons (Fsp3) is 0.667. The van der Waals surface area contributed by atoms with Crippen LogP contribution in [-0.2, 0) is 14.3 Å². The van der Waals surface area contributed by atoms with Crippen LogP contribution in [0.15, 0.2) is 16.9 Å². The van der Waals surface area contributed by atoms with Gasteiger partial charge in [-0.2, -0.15) is 0 Å². The number of azide groups is 1. The number of hydrogen-bond acceptors (Lipinski definition) is 4. The first-order chi connectivity index (χ1) is 9.67. The van der Waals surface area contributed by atoms with Crippen LogP contribution in [0.25, 0.3) is 10.4 Å². The summed E-state index contributed by atoms with van der Waals surface area (Å²) in [6.07, 6.45) is 1.40. The summed E-state index contributed by atoms with van der Waals surface area (Å²) in [6, 6.07) is -1.57. The van der Waals surface area contributed by atoms with E-state index in [1.807, 2.05) is 0 Å². The summed E-state index contributed by atoms with van der Waals surface area (Å²) >= 11 is 12.3. The Morgan fingerprint density at radius 1 is 1.48 bits per heavy atom. The Balaban J connectivity index is 2.31. The zero-order chi connectivity index (χ0) is 15.9. The van der Waals surface area contributed by atoms with Crippen molar-refractivity contribution < 1.29 is 14.3 Å². The number of carbonyl (C=O) groups is 2. The van der Waals surface area contributed by atoms with Gasteiger partial charge in [0, 0.05) is 4.91 Å². The maximum atomic E-state index is 12.2. The number of halogens is 2. The van der Waals surface area contributed by atoms with Crippen molar-refractivity contribution >= 4 is 35.1 Å². The molecule has 0 unspecified atom stereocenters. The minimum atomic E-state index is -0.940. The molecule has 1 fully saturated rings. The molecule has 4 atom stereocenters. The number of nitrogens with zero attached hydrogens (tertiary/aromatic N) is 4. The first-order valence-corrected chi connectivity index (χ1v) is 7.15. The minimum absolute atomic E-state index is 0.0428. The van der Waals surface area contributed by atoms with Gasteiger partial charge in [-0.15, -0.1) is 23.2 Å². The molecule has 1 saturated heterocycles. The molecular formula is C12H14Cl2N4O3. The number of esters is 1. The van der Waals surface area contributed by atoms with Crippen LogP contribution in [0.2, 0.25) is 0 Å². The van der Waals surface area contributed by atoms with E-state index in [9.17, 15) is 9.59 Å². The molecule has 2 rings (SSSR count). The lowest BCUT2D eigenvalue weighted by Crippen LogP contribution is -2.70. The highest BCUT2D eigenvalue weighted by Crippen LogP contribution is 2.40. The van der Waals surface area contributed by atoms with Crippen LogP contribution in [0.3, 0.4) is 0 Å². The molecule has 114 valence electrons. The van der Waals surface area contributed by atoms with E-state index in [4.69, 9.17) is 33.5 Å². The van der Waals surface area contributed by atoms with Gasteiger partial charge in [0.05, 0.1) is 16.8 Å². The predicted molar refractivity (Wildman–Crippen MR) is 76.8 cm³/mol. The third-order valence-electron chi connectivity index (χ3n) is 3.10. The molecular weight excluding hydrogens is 319 g/mol. The second kappa shape index (κ2) is 5.40. The molecule has 2 heterocycles. The second-order valence-electron chi connectivity index (χ2n) is 5.79. The lowest BCUT2D eigenvalue weighted by molar-refractivity contribution is -0.160. The van der Waals surface area contributed by atoms with E-state index in [0.29, 0.717) is 0 Å². The van der Waals surface area contributed by atoms with Gasteiger partial charge in [-0.1, -0.05) is 5.11 Å². The first-order valence-electron chi connectivity index (χ1n) is 6.28. The molecule has 0 aromatic rings. The highest BCUT2D eigenvalue weighted by Gasteiger charge is 2.57. The molecule has 9 heteroatoms. The molecule has 7 nitrogen and oxygen atoms in total. The fourth-order valence-corrected chi connectivity index (χ4v) is 2.86. The minimum Gasteiger partial charge on any atom is -0.455 e. The molecule has 0 radical (unpaired) electrons. The maximum Gasteiger partial charge on any atom is 0.355 e. The smallest absolute Gasteiger partial charge is 0.355 e. The number of β-lactam (4-membered cyclic amide) rings is 1. The van der Waals surface area contributed by atoms with E-state index < -0.39 is 40.3 Å². The molecule has 1 amide bonds.